The van der Waals surface area contributed by atoms with Gasteiger partial charge in [0.15, 0.2) is 0 Å². The lowest BCUT2D eigenvalue weighted by Gasteiger charge is -2.39. The summed E-state index contributed by atoms with van der Waals surface area (Å²) in [6.45, 7) is 4.62. The standard InChI is InChI=1S/C18H28N2/c1-14-8-10-15(11-9-14)17(19-2)13-20-12-4-6-16-5-3-7-18(16)20/h8-11,16-19H,3-7,12-13H2,1-2H3. The zero-order valence-electron chi connectivity index (χ0n) is 12.9. The number of likely N-dealkylation sites (N-methyl/N-ethyl adjacent to an activating group) is 1. The van der Waals surface area contributed by atoms with Gasteiger partial charge < -0.3 is 5.32 Å². The molecule has 3 unspecified atom stereocenters. The van der Waals surface area contributed by atoms with Crippen LogP contribution in [0.25, 0.3) is 0 Å². The third-order valence-corrected chi connectivity index (χ3v) is 5.35. The van der Waals surface area contributed by atoms with E-state index in [1.807, 2.05) is 0 Å². The van der Waals surface area contributed by atoms with Crippen molar-refractivity contribution in [2.45, 2.75) is 51.1 Å². The fourth-order valence-corrected chi connectivity index (χ4v) is 4.18. The number of hydrogen-bond acceptors (Lipinski definition) is 2. The van der Waals surface area contributed by atoms with Gasteiger partial charge in [0.25, 0.3) is 0 Å². The summed E-state index contributed by atoms with van der Waals surface area (Å²) < 4.78 is 0. The molecule has 1 saturated heterocycles. The van der Waals surface area contributed by atoms with Gasteiger partial charge in [-0.15, -0.1) is 0 Å². The molecule has 2 heteroatoms. The summed E-state index contributed by atoms with van der Waals surface area (Å²) in [5.74, 6) is 0.985. The highest BCUT2D eigenvalue weighted by Gasteiger charge is 2.35. The Kier molecular flexibility index (Phi) is 4.42. The first-order chi connectivity index (χ1) is 9.78. The predicted molar refractivity (Wildman–Crippen MR) is 84.9 cm³/mol. The van der Waals surface area contributed by atoms with E-state index >= 15 is 0 Å². The van der Waals surface area contributed by atoms with Crippen LogP contribution in [0.3, 0.4) is 0 Å². The van der Waals surface area contributed by atoms with Crippen molar-refractivity contribution < 1.29 is 0 Å². The molecule has 0 aromatic heterocycles. The Labute approximate surface area is 123 Å². The molecule has 1 aliphatic carbocycles. The molecule has 0 amide bonds. The summed E-state index contributed by atoms with van der Waals surface area (Å²) in [4.78, 5) is 2.77. The summed E-state index contributed by atoms with van der Waals surface area (Å²) >= 11 is 0. The zero-order valence-corrected chi connectivity index (χ0v) is 12.9. The van der Waals surface area contributed by atoms with E-state index in [2.05, 4.69) is 48.5 Å². The molecule has 1 aromatic carbocycles. The van der Waals surface area contributed by atoms with Gasteiger partial charge in [-0.3, -0.25) is 4.90 Å². The van der Waals surface area contributed by atoms with Crippen LogP contribution in [0.15, 0.2) is 24.3 Å². The van der Waals surface area contributed by atoms with Crippen LogP contribution in [0.2, 0.25) is 0 Å². The van der Waals surface area contributed by atoms with Gasteiger partial charge in [0, 0.05) is 18.6 Å². The van der Waals surface area contributed by atoms with Gasteiger partial charge in [-0.1, -0.05) is 36.2 Å². The van der Waals surface area contributed by atoms with Crippen molar-refractivity contribution in [3.63, 3.8) is 0 Å². The number of nitrogens with one attached hydrogen (secondary N) is 1. The normalized spacial score (nSPS) is 28.3. The van der Waals surface area contributed by atoms with E-state index < -0.39 is 0 Å². The van der Waals surface area contributed by atoms with E-state index in [1.165, 1.54) is 56.3 Å². The lowest BCUT2D eigenvalue weighted by molar-refractivity contribution is 0.102. The first-order valence-corrected chi connectivity index (χ1v) is 8.26. The zero-order chi connectivity index (χ0) is 13.9. The summed E-state index contributed by atoms with van der Waals surface area (Å²) in [6.07, 6.45) is 7.20. The number of nitrogens with zero attached hydrogens (tertiary/aromatic N) is 1. The predicted octanol–water partition coefficient (Wildman–Crippen LogP) is 3.52. The SMILES string of the molecule is CNC(CN1CCCC2CCCC21)c1ccc(C)cc1. The number of likely N-dealkylation sites (tertiary alicyclic amines) is 1. The van der Waals surface area contributed by atoms with E-state index in [1.54, 1.807) is 0 Å². The third-order valence-electron chi connectivity index (χ3n) is 5.35. The number of fused-ring (bicyclic) bond motifs is 1. The van der Waals surface area contributed by atoms with Crippen LogP contribution in [0.5, 0.6) is 0 Å². The lowest BCUT2D eigenvalue weighted by Crippen LogP contribution is -2.46. The maximum atomic E-state index is 3.52. The third kappa shape index (κ3) is 2.91. The maximum Gasteiger partial charge on any atom is 0.0446 e. The van der Waals surface area contributed by atoms with Crippen molar-refractivity contribution in [2.24, 2.45) is 5.92 Å². The van der Waals surface area contributed by atoms with Crippen molar-refractivity contribution >= 4 is 0 Å². The van der Waals surface area contributed by atoms with Gasteiger partial charge in [0.05, 0.1) is 0 Å². The molecule has 1 saturated carbocycles. The van der Waals surface area contributed by atoms with Crippen molar-refractivity contribution in [1.82, 2.24) is 10.2 Å². The lowest BCUT2D eigenvalue weighted by atomic mass is 9.91. The minimum Gasteiger partial charge on any atom is -0.312 e. The molecule has 3 atom stereocenters. The molecule has 2 nitrogen and oxygen atoms in total. The Bertz CT molecular complexity index is 426. The highest BCUT2D eigenvalue weighted by molar-refractivity contribution is 5.24. The molecule has 1 aliphatic heterocycles. The molecule has 0 spiro atoms. The van der Waals surface area contributed by atoms with Gasteiger partial charge in [0.1, 0.15) is 0 Å². The minimum atomic E-state index is 0.468. The number of benzene rings is 1. The van der Waals surface area contributed by atoms with Crippen LogP contribution in [0.1, 0.15) is 49.3 Å². The van der Waals surface area contributed by atoms with Gasteiger partial charge in [-0.2, -0.15) is 0 Å². The Morgan fingerprint density at radius 3 is 2.65 bits per heavy atom. The summed E-state index contributed by atoms with van der Waals surface area (Å²) in [6, 6.07) is 10.4. The van der Waals surface area contributed by atoms with Gasteiger partial charge in [-0.25, -0.2) is 0 Å². The number of hydrogen-bond donors (Lipinski definition) is 1. The fourth-order valence-electron chi connectivity index (χ4n) is 4.18. The monoisotopic (exact) mass is 272 g/mol. The smallest absolute Gasteiger partial charge is 0.0446 e. The largest absolute Gasteiger partial charge is 0.312 e. The highest BCUT2D eigenvalue weighted by Crippen LogP contribution is 2.37. The number of aryl methyl sites for hydroxylation is 1. The van der Waals surface area contributed by atoms with Gasteiger partial charge in [-0.05, 0) is 57.7 Å². The van der Waals surface area contributed by atoms with E-state index in [0.29, 0.717) is 6.04 Å². The van der Waals surface area contributed by atoms with Crippen molar-refractivity contribution in [1.29, 1.82) is 0 Å². The minimum absolute atomic E-state index is 0.468. The van der Waals surface area contributed by atoms with Gasteiger partial charge in [0.2, 0.25) is 0 Å². The second-order valence-corrected chi connectivity index (χ2v) is 6.65. The molecule has 1 heterocycles. The molecule has 0 bridgehead atoms. The van der Waals surface area contributed by atoms with Gasteiger partial charge >= 0.3 is 0 Å². The summed E-state index contributed by atoms with van der Waals surface area (Å²) in [7, 11) is 2.10. The van der Waals surface area contributed by atoms with E-state index in [4.69, 9.17) is 0 Å². The second-order valence-electron chi connectivity index (χ2n) is 6.65. The highest BCUT2D eigenvalue weighted by atomic mass is 15.2. The molecular formula is C18H28N2. The van der Waals surface area contributed by atoms with E-state index in [0.717, 1.165) is 12.0 Å². The fraction of sp³-hybridized carbons (Fsp3) is 0.667. The first-order valence-electron chi connectivity index (χ1n) is 8.26. The first kappa shape index (κ1) is 14.1. The second kappa shape index (κ2) is 6.28. The Balaban J connectivity index is 1.69. The Morgan fingerprint density at radius 2 is 1.90 bits per heavy atom. The number of piperidine rings is 1. The molecule has 1 aromatic rings. The summed E-state index contributed by atoms with van der Waals surface area (Å²) in [5.41, 5.74) is 2.77. The molecule has 3 rings (SSSR count). The molecule has 0 radical (unpaired) electrons. The topological polar surface area (TPSA) is 15.3 Å². The Morgan fingerprint density at radius 1 is 1.15 bits per heavy atom. The van der Waals surface area contributed by atoms with Crippen LogP contribution >= 0.6 is 0 Å². The molecule has 20 heavy (non-hydrogen) atoms. The summed E-state index contributed by atoms with van der Waals surface area (Å²) in [5, 5.41) is 3.52. The van der Waals surface area contributed by atoms with E-state index in [-0.39, 0.29) is 0 Å². The molecular weight excluding hydrogens is 244 g/mol. The average molecular weight is 272 g/mol. The van der Waals surface area contributed by atoms with Crippen molar-refractivity contribution in [3.05, 3.63) is 35.4 Å². The molecule has 110 valence electrons. The molecule has 1 N–H and O–H groups in total. The van der Waals surface area contributed by atoms with Crippen molar-refractivity contribution in [3.8, 4) is 0 Å². The molecule has 2 aliphatic rings. The van der Waals surface area contributed by atoms with E-state index in [9.17, 15) is 0 Å². The van der Waals surface area contributed by atoms with Crippen LogP contribution in [-0.2, 0) is 0 Å². The molecule has 2 fully saturated rings. The maximum absolute atomic E-state index is 3.52. The quantitative estimate of drug-likeness (QED) is 0.902. The van der Waals surface area contributed by atoms with Crippen molar-refractivity contribution in [2.75, 3.05) is 20.1 Å². The van der Waals surface area contributed by atoms with Crippen LogP contribution < -0.4 is 5.32 Å². The van der Waals surface area contributed by atoms with Crippen LogP contribution in [-0.4, -0.2) is 31.1 Å². The average Bonchev–Trinajstić information content (AvgIpc) is 2.95. The Hall–Kier alpha value is -0.860. The van der Waals surface area contributed by atoms with Crippen LogP contribution in [0, 0.1) is 12.8 Å². The van der Waals surface area contributed by atoms with Crippen LogP contribution in [0.4, 0.5) is 0 Å². The number of rotatable bonds is 4.